The van der Waals surface area contributed by atoms with Gasteiger partial charge in [-0.2, -0.15) is 8.78 Å². The molecule has 0 radical (unpaired) electrons. The predicted molar refractivity (Wildman–Crippen MR) is 515 cm³/mol. The van der Waals surface area contributed by atoms with Gasteiger partial charge in [0.15, 0.2) is 11.3 Å². The number of H-pyrrole nitrogens is 1. The zero-order chi connectivity index (χ0) is 109. The summed E-state index contributed by atoms with van der Waals surface area (Å²) < 4.78 is 164. The normalized spacial score (nSPS) is 21.0. The number of ether oxygens (including phenoxy) is 3. The van der Waals surface area contributed by atoms with Crippen molar-refractivity contribution in [1.29, 1.82) is 0 Å². The minimum atomic E-state index is -3.58. The van der Waals surface area contributed by atoms with Crippen molar-refractivity contribution in [2.24, 2.45) is 5.73 Å². The van der Waals surface area contributed by atoms with Crippen LogP contribution in [0.25, 0.3) is 0 Å². The molecule has 4 atom stereocenters. The Balaban J connectivity index is 0.000000158. The van der Waals surface area contributed by atoms with E-state index in [1.807, 2.05) is 0 Å². The summed E-state index contributed by atoms with van der Waals surface area (Å²) in [5.74, 6) is -21.2. The molecule has 9 aromatic rings. The number of nitrogens with one attached hydrogen (secondary N) is 10. The number of nitrogen functional groups attached to an aromatic ring is 1. The Kier molecular flexibility index (Phi) is 32.8. The lowest BCUT2D eigenvalue weighted by Gasteiger charge is -2.46. The molecular weight excluding hydrogens is 2210 g/mol. The third-order valence-corrected chi connectivity index (χ3v) is 25.2. The van der Waals surface area contributed by atoms with Gasteiger partial charge in [0, 0.05) is 103 Å². The lowest BCUT2D eigenvalue weighted by atomic mass is 9.93. The van der Waals surface area contributed by atoms with Crippen LogP contribution in [0.3, 0.4) is 0 Å². The first-order valence-corrected chi connectivity index (χ1v) is 46.9. The molecule has 18 rings (SSSR count). The SMILES string of the molecule is CC(C)(C)OC(=O)N1CCC(F)(F)C(=O)C1.CC(C)(C)OC(=O)N1CCC(F)(F)C2(C1)NC(=O)c1c(Cl)cc(Br)c(=O)n12.CC(C)(C)OC(=O)N1CCC(F)(F)C2(C1)NC(=O)c1c(Cl)cc(Nc3ccncn3)c(=O)n12.NC(=O)c1[nH]c(=O)c(Br)cc1Cl.Nc1ccncn1.O=C1NC2(CNCCC2(F)F)n2c1c(Cl)cc(Nc1ccncn1)c2=O.O=C1NC2(CNCCC2(F)F)n2c1c(Cl)cc(Nc1ccncn1)c2=O. The number of nitrogens with two attached hydrogens (primary N) is 2. The highest BCUT2D eigenvalue weighted by molar-refractivity contribution is 9.10. The van der Waals surface area contributed by atoms with Crippen molar-refractivity contribution in [2.45, 2.75) is 163 Å². The van der Waals surface area contributed by atoms with Gasteiger partial charge < -0.3 is 93.2 Å². The summed E-state index contributed by atoms with van der Waals surface area (Å²) in [5.41, 5.74) is -7.23. The Hall–Kier alpha value is -13.3. The number of ketones is 1. The van der Waals surface area contributed by atoms with Gasteiger partial charge in [-0.15, -0.1) is 0 Å². The highest BCUT2D eigenvalue weighted by Crippen LogP contribution is 2.49. The van der Waals surface area contributed by atoms with Gasteiger partial charge >= 0.3 is 24.2 Å². The number of Topliss-reactive ketones (excluding diaryl/α,β-unsaturated/α-hetero) is 1. The van der Waals surface area contributed by atoms with Crippen molar-refractivity contribution < 1.29 is 101 Å². The molecule has 0 bridgehead atoms. The van der Waals surface area contributed by atoms with Gasteiger partial charge in [0.2, 0.25) is 17.1 Å². The second-order valence-corrected chi connectivity index (χ2v) is 40.1. The highest BCUT2D eigenvalue weighted by Gasteiger charge is 2.68. The molecule has 44 nitrogen and oxygen atoms in total. The van der Waals surface area contributed by atoms with E-state index in [9.17, 15) is 93.5 Å². The van der Waals surface area contributed by atoms with E-state index in [4.69, 9.17) is 83.7 Å². The van der Waals surface area contributed by atoms with E-state index < -0.39 is 208 Å². The Morgan fingerprint density at radius 1 is 0.415 bits per heavy atom. The van der Waals surface area contributed by atoms with Gasteiger partial charge in [-0.25, -0.2) is 89.4 Å². The number of anilines is 7. The van der Waals surface area contributed by atoms with E-state index in [1.54, 1.807) is 74.6 Å². The average molecular weight is 2300 g/mol. The number of hydrogen-bond donors (Lipinski definition) is 12. The fraction of sp³-hybridized carbons (Fsp3) is 0.419. The first-order valence-electron chi connectivity index (χ1n) is 43.4. The molecule has 788 valence electrons. The Morgan fingerprint density at radius 3 is 1.04 bits per heavy atom. The number of aromatic amines is 1. The fourth-order valence-corrected chi connectivity index (χ4v) is 18.3. The molecule has 4 spiro atoms. The molecule has 9 aliphatic heterocycles. The summed E-state index contributed by atoms with van der Waals surface area (Å²) in [6, 6.07) is 12.2. The first-order chi connectivity index (χ1) is 68.4. The van der Waals surface area contributed by atoms with Crippen molar-refractivity contribution in [3.05, 3.63) is 219 Å². The minimum absolute atomic E-state index is 0.0707. The van der Waals surface area contributed by atoms with Crippen LogP contribution in [0.4, 0.5) is 98.6 Å². The summed E-state index contributed by atoms with van der Waals surface area (Å²) in [7, 11) is 0. The molecule has 14 N–H and O–H groups in total. The zero-order valence-corrected chi connectivity index (χ0v) is 85.1. The van der Waals surface area contributed by atoms with Crippen molar-refractivity contribution in [3.63, 3.8) is 0 Å². The van der Waals surface area contributed by atoms with Crippen LogP contribution >= 0.6 is 89.9 Å². The topological polar surface area (TPSA) is 575 Å². The second-order valence-electron chi connectivity index (χ2n) is 36.4. The summed E-state index contributed by atoms with van der Waals surface area (Å²) in [6.45, 7) is 11.7. The molecular formula is C86H88Br2Cl5F10N27O17. The van der Waals surface area contributed by atoms with E-state index in [1.165, 1.54) is 92.4 Å². The standard InChI is InChI=1S/C20H21ClF2N6O4.C16H17BrClF2N3O4.2C15H13ClF2N6O2.C10H15F2NO3.C6H4BrClN2O2.C4H5N3/c1-18(2,3)33-17(32)28-7-5-19(22,23)20(9-28)27-15(30)14-11(21)8-12(16(31)29(14)20)26-13-4-6-24-10-25-13;1-14(2,3)27-13(26)22-5-4-15(19,20)16(7-22)21-11(24)10-9(18)6-8(17)12(25)23(10)16;2*16-8-5-9(22-10-1-3-20-7-21-10)13(26)24-11(8)12(25)23-15(24)6-19-4-2-14(15,17)18;1-9(2,3)16-8(15)13-5-4-10(11,12)7(14)6-13;7-2-1-3(8)4(5(9)11)10-6(2)12;5-4-1-2-6-3-7-4/h4,6,8,10H,5,7,9H2,1-3H3,(H,27,30)(H,24,25,26);6H,4-5,7H2,1-3H3,(H,21,24);2*1,3,5,7,19H,2,4,6H2,(H,23,25)(H,20,21,22);4-6H2,1-3H3;1H,(H2,9,11)(H,10,12);1-3H,(H2,5,6,7). The van der Waals surface area contributed by atoms with Crippen LogP contribution in [0.5, 0.6) is 0 Å². The Bertz CT molecular complexity index is 6830. The lowest BCUT2D eigenvalue weighted by molar-refractivity contribution is -0.161. The third kappa shape index (κ3) is 23.6. The number of rotatable bonds is 7. The second kappa shape index (κ2) is 42.9. The van der Waals surface area contributed by atoms with E-state index in [-0.39, 0.29) is 137 Å². The molecule has 0 aliphatic carbocycles. The Morgan fingerprint density at radius 2 is 0.728 bits per heavy atom. The van der Waals surface area contributed by atoms with Gasteiger partial charge in [-0.1, -0.05) is 58.0 Å². The average Bonchev–Trinajstić information content (AvgIpc) is 1.47. The molecule has 9 aromatic heterocycles. The number of aromatic nitrogens is 13. The van der Waals surface area contributed by atoms with Crippen molar-refractivity contribution in [3.8, 4) is 0 Å². The number of piperidine rings is 5. The quantitative estimate of drug-likeness (QED) is 0.0521. The molecule has 5 saturated heterocycles. The van der Waals surface area contributed by atoms with E-state index in [0.717, 1.165) is 23.8 Å². The summed E-state index contributed by atoms with van der Waals surface area (Å²) >= 11 is 36.1. The number of amides is 8. The fourth-order valence-electron chi connectivity index (χ4n) is 15.9. The number of pyridine rings is 5. The van der Waals surface area contributed by atoms with Crippen LogP contribution in [-0.4, -0.2) is 243 Å². The molecule has 18 heterocycles. The number of nitrogens with zero attached hydrogens (tertiary/aromatic N) is 15. The number of carbonyl (C=O) groups excluding carboxylic acids is 9. The zero-order valence-electron chi connectivity index (χ0n) is 78.2. The van der Waals surface area contributed by atoms with E-state index in [2.05, 4.69) is 125 Å². The van der Waals surface area contributed by atoms with Gasteiger partial charge in [0.25, 0.3) is 81.0 Å². The van der Waals surface area contributed by atoms with Crippen molar-refractivity contribution >= 4 is 184 Å². The summed E-state index contributed by atoms with van der Waals surface area (Å²) in [6.07, 6.45) is 5.46. The number of halogens is 17. The number of likely N-dealkylation sites (tertiary alicyclic amines) is 3. The van der Waals surface area contributed by atoms with Gasteiger partial charge in [-0.05, 0) is 149 Å². The van der Waals surface area contributed by atoms with E-state index >= 15 is 17.6 Å². The molecule has 147 heavy (non-hydrogen) atoms. The smallest absolute Gasteiger partial charge is 0.410 e. The Labute approximate surface area is 864 Å². The van der Waals surface area contributed by atoms with Crippen LogP contribution in [-0.2, 0) is 41.7 Å². The predicted octanol–water partition coefficient (Wildman–Crippen LogP) is 10.5. The van der Waals surface area contributed by atoms with E-state index in [0.29, 0.717) is 15.0 Å². The minimum Gasteiger partial charge on any atom is -0.444 e. The molecule has 0 aromatic carbocycles. The molecule has 9 aliphatic rings. The van der Waals surface area contributed by atoms with Crippen LogP contribution < -0.4 is 87.1 Å². The summed E-state index contributed by atoms with van der Waals surface area (Å²) in [5, 5.41) is 22.3. The number of carbonyl (C=O) groups is 9. The number of alkyl halides is 10. The monoisotopic (exact) mass is 2290 g/mol. The van der Waals surface area contributed by atoms with Gasteiger partial charge in [-0.3, -0.25) is 71.0 Å². The number of primary amides is 1. The van der Waals surface area contributed by atoms with Crippen molar-refractivity contribution in [2.75, 3.05) is 87.1 Å². The maximum absolute atomic E-state index is 15.4. The van der Waals surface area contributed by atoms with Gasteiger partial charge in [0.05, 0.1) is 53.7 Å². The van der Waals surface area contributed by atoms with Crippen LogP contribution in [0, 0.1) is 0 Å². The molecule has 0 saturated carbocycles. The van der Waals surface area contributed by atoms with Gasteiger partial charge in [0.1, 0.15) is 111 Å². The van der Waals surface area contributed by atoms with Crippen LogP contribution in [0.1, 0.15) is 147 Å². The number of fused-ring (bicyclic) bond motifs is 8. The first kappa shape index (κ1) is 112. The van der Waals surface area contributed by atoms with Crippen LogP contribution in [0.2, 0.25) is 25.1 Å². The largest absolute Gasteiger partial charge is 0.444 e. The number of hydrogen-bond acceptors (Lipinski definition) is 31. The van der Waals surface area contributed by atoms with Crippen LogP contribution in [0.15, 0.2) is 138 Å². The lowest BCUT2D eigenvalue weighted by Crippen LogP contribution is -2.69. The summed E-state index contributed by atoms with van der Waals surface area (Å²) in [4.78, 5) is 206. The highest BCUT2D eigenvalue weighted by atomic mass is 79.9. The molecule has 61 heteroatoms. The molecule has 8 amide bonds. The maximum Gasteiger partial charge on any atom is 0.410 e. The third-order valence-electron chi connectivity index (χ3n) is 22.6. The molecule has 5 fully saturated rings. The van der Waals surface area contributed by atoms with Crippen molar-refractivity contribution in [1.82, 2.24) is 110 Å². The maximum atomic E-state index is 15.4. The molecule has 4 unspecified atom stereocenters.